The predicted molar refractivity (Wildman–Crippen MR) is 69.2 cm³/mol. The summed E-state index contributed by atoms with van der Waals surface area (Å²) >= 11 is 0. The van der Waals surface area contributed by atoms with Gasteiger partial charge >= 0.3 is 5.97 Å². The zero-order chi connectivity index (χ0) is 14.5. The summed E-state index contributed by atoms with van der Waals surface area (Å²) in [6.45, 7) is -0.562. The molecule has 0 spiro atoms. The van der Waals surface area contributed by atoms with Crippen LogP contribution in [0.4, 0.5) is 0 Å². The lowest BCUT2D eigenvalue weighted by atomic mass is 10.1. The second-order valence-electron chi connectivity index (χ2n) is 3.92. The Morgan fingerprint density at radius 1 is 1.42 bits per heavy atom. The Morgan fingerprint density at radius 3 is 2.63 bits per heavy atom. The van der Waals surface area contributed by atoms with Gasteiger partial charge < -0.3 is 10.2 Å². The van der Waals surface area contributed by atoms with Crippen molar-refractivity contribution in [1.29, 1.82) is 0 Å². The van der Waals surface area contributed by atoms with Gasteiger partial charge in [0.1, 0.15) is 5.25 Å². The lowest BCUT2D eigenvalue weighted by Crippen LogP contribution is -2.33. The number of hydrogen-bond acceptors (Lipinski definition) is 6. The fourth-order valence-electron chi connectivity index (χ4n) is 1.70. The molecule has 1 aromatic carbocycles. The van der Waals surface area contributed by atoms with Gasteiger partial charge in [0.2, 0.25) is 0 Å². The molecule has 0 aromatic heterocycles. The van der Waals surface area contributed by atoms with Crippen LogP contribution in [0.3, 0.4) is 0 Å². The first-order chi connectivity index (χ1) is 8.92. The van der Waals surface area contributed by atoms with Crippen LogP contribution in [-0.2, 0) is 9.84 Å². The number of hydrazine groups is 1. The third-order valence-corrected chi connectivity index (χ3v) is 4.68. The van der Waals surface area contributed by atoms with Crippen LogP contribution in [0.25, 0.3) is 0 Å². The summed E-state index contributed by atoms with van der Waals surface area (Å²) in [4.78, 5) is 10.9. The van der Waals surface area contributed by atoms with Gasteiger partial charge in [-0.3, -0.25) is 11.3 Å². The minimum atomic E-state index is -3.62. The molecule has 0 saturated carbocycles. The van der Waals surface area contributed by atoms with Crippen LogP contribution >= 0.6 is 0 Å². The Morgan fingerprint density at radius 2 is 2.11 bits per heavy atom. The zero-order valence-electron chi connectivity index (χ0n) is 10.1. The molecule has 106 valence electrons. The molecule has 5 N–H and O–H groups in total. The average Bonchev–Trinajstić information content (AvgIpc) is 2.35. The highest BCUT2D eigenvalue weighted by molar-refractivity contribution is 7.91. The summed E-state index contributed by atoms with van der Waals surface area (Å²) in [7, 11) is -3.62. The summed E-state index contributed by atoms with van der Waals surface area (Å²) in [5, 5.41) is 16.7. The Balaban J connectivity index is 3.19. The summed E-state index contributed by atoms with van der Waals surface area (Å²) in [6, 6.07) is 5.65. The molecular weight excluding hydrogens is 272 g/mol. The highest BCUT2D eigenvalue weighted by Crippen LogP contribution is 2.23. The molecule has 1 unspecified atom stereocenters. The van der Waals surface area contributed by atoms with Crippen LogP contribution in [0, 0.1) is 0 Å². The molecule has 1 aromatic rings. The van der Waals surface area contributed by atoms with Gasteiger partial charge in [-0.2, -0.15) is 0 Å². The van der Waals surface area contributed by atoms with Gasteiger partial charge in [-0.1, -0.05) is 12.1 Å². The predicted octanol–water partition coefficient (Wildman–Crippen LogP) is -0.704. The first-order valence-electron chi connectivity index (χ1n) is 5.51. The molecule has 0 saturated heterocycles. The number of benzene rings is 1. The number of carbonyl (C=O) groups is 1. The molecule has 1 atom stereocenters. The fourth-order valence-corrected chi connectivity index (χ4v) is 3.15. The van der Waals surface area contributed by atoms with Crippen molar-refractivity contribution >= 4 is 15.8 Å². The second kappa shape index (κ2) is 6.62. The van der Waals surface area contributed by atoms with Crippen molar-refractivity contribution < 1.29 is 23.4 Å². The molecule has 1 rings (SSSR count). The molecule has 0 aliphatic carbocycles. The molecular formula is C11H16N2O5S. The van der Waals surface area contributed by atoms with E-state index in [-0.39, 0.29) is 12.1 Å². The molecule has 0 heterocycles. The van der Waals surface area contributed by atoms with Crippen LogP contribution in [0.2, 0.25) is 0 Å². The maximum absolute atomic E-state index is 12.0. The van der Waals surface area contributed by atoms with Crippen LogP contribution in [0.5, 0.6) is 0 Å². The van der Waals surface area contributed by atoms with E-state index in [0.717, 1.165) is 0 Å². The van der Waals surface area contributed by atoms with Gasteiger partial charge in [-0.15, -0.1) is 0 Å². The van der Waals surface area contributed by atoms with E-state index in [4.69, 9.17) is 16.1 Å². The fraction of sp³-hybridized carbons (Fsp3) is 0.364. The van der Waals surface area contributed by atoms with Gasteiger partial charge in [0.25, 0.3) is 0 Å². The monoisotopic (exact) mass is 288 g/mol. The first-order valence-corrected chi connectivity index (χ1v) is 7.23. The summed E-state index contributed by atoms with van der Waals surface area (Å²) in [6.07, 6.45) is 0. The van der Waals surface area contributed by atoms with E-state index in [1.807, 2.05) is 0 Å². The van der Waals surface area contributed by atoms with Crippen molar-refractivity contribution in [2.75, 3.05) is 18.9 Å². The molecule has 8 heteroatoms. The van der Waals surface area contributed by atoms with Crippen LogP contribution in [0.1, 0.15) is 21.2 Å². The number of aliphatic hydroxyl groups excluding tert-OH is 1. The van der Waals surface area contributed by atoms with Gasteiger partial charge in [0, 0.05) is 6.54 Å². The normalized spacial score (nSPS) is 13.2. The van der Waals surface area contributed by atoms with Gasteiger partial charge in [-0.25, -0.2) is 13.2 Å². The lowest BCUT2D eigenvalue weighted by Gasteiger charge is -2.17. The largest absolute Gasteiger partial charge is 0.478 e. The van der Waals surface area contributed by atoms with E-state index in [0.29, 0.717) is 5.56 Å². The molecule has 0 aliphatic rings. The SMILES string of the molecule is NNCC(c1cccc(C(=O)O)c1)S(=O)(=O)CCO. The molecule has 19 heavy (non-hydrogen) atoms. The third kappa shape index (κ3) is 4.00. The third-order valence-electron chi connectivity index (χ3n) is 2.62. The van der Waals surface area contributed by atoms with E-state index >= 15 is 0 Å². The minimum Gasteiger partial charge on any atom is -0.478 e. The van der Waals surface area contributed by atoms with E-state index in [1.54, 1.807) is 0 Å². The number of nitrogens with two attached hydrogens (primary N) is 1. The van der Waals surface area contributed by atoms with Crippen molar-refractivity contribution in [3.05, 3.63) is 35.4 Å². The Kier molecular flexibility index (Phi) is 5.43. The topological polar surface area (TPSA) is 130 Å². The number of hydrogen-bond donors (Lipinski definition) is 4. The smallest absolute Gasteiger partial charge is 0.335 e. The Labute approximate surface area is 110 Å². The highest BCUT2D eigenvalue weighted by Gasteiger charge is 2.26. The number of carboxylic acid groups (broad SMARTS) is 1. The van der Waals surface area contributed by atoms with Gasteiger partial charge in [0.15, 0.2) is 9.84 Å². The van der Waals surface area contributed by atoms with Gasteiger partial charge in [-0.05, 0) is 17.7 Å². The number of aliphatic hydroxyl groups is 1. The molecule has 0 fully saturated rings. The Bertz CT molecular complexity index is 544. The van der Waals surface area contributed by atoms with E-state index in [1.165, 1.54) is 24.3 Å². The van der Waals surface area contributed by atoms with E-state index in [9.17, 15) is 13.2 Å². The second-order valence-corrected chi connectivity index (χ2v) is 6.22. The summed E-state index contributed by atoms with van der Waals surface area (Å²) in [5.41, 5.74) is 2.60. The molecule has 7 nitrogen and oxygen atoms in total. The summed E-state index contributed by atoms with van der Waals surface area (Å²) in [5.74, 6) is 3.62. The standard InChI is InChI=1S/C11H16N2O5S/c12-13-7-10(19(17,18)5-4-14)8-2-1-3-9(6-8)11(15)16/h1-3,6,10,13-14H,4-5,7,12H2,(H,15,16). The van der Waals surface area contributed by atoms with Crippen LogP contribution in [0.15, 0.2) is 24.3 Å². The molecule has 0 radical (unpaired) electrons. The Hall–Kier alpha value is -1.48. The van der Waals surface area contributed by atoms with E-state index in [2.05, 4.69) is 5.43 Å². The average molecular weight is 288 g/mol. The minimum absolute atomic E-state index is 0.00119. The maximum atomic E-state index is 12.0. The summed E-state index contributed by atoms with van der Waals surface area (Å²) < 4.78 is 24.0. The number of carboxylic acids is 1. The first kappa shape index (κ1) is 15.6. The van der Waals surface area contributed by atoms with Crippen molar-refractivity contribution in [2.45, 2.75) is 5.25 Å². The van der Waals surface area contributed by atoms with Crippen LogP contribution in [-0.4, -0.2) is 43.5 Å². The van der Waals surface area contributed by atoms with Crippen LogP contribution < -0.4 is 11.3 Å². The van der Waals surface area contributed by atoms with Crippen molar-refractivity contribution in [3.8, 4) is 0 Å². The number of nitrogens with one attached hydrogen (secondary N) is 1. The maximum Gasteiger partial charge on any atom is 0.335 e. The van der Waals surface area contributed by atoms with Crippen molar-refractivity contribution in [3.63, 3.8) is 0 Å². The molecule has 0 aliphatic heterocycles. The van der Waals surface area contributed by atoms with Gasteiger partial charge in [0.05, 0.1) is 17.9 Å². The zero-order valence-corrected chi connectivity index (χ0v) is 10.9. The molecule has 0 bridgehead atoms. The lowest BCUT2D eigenvalue weighted by molar-refractivity contribution is 0.0696. The number of aromatic carboxylic acids is 1. The van der Waals surface area contributed by atoms with Crippen molar-refractivity contribution in [2.24, 2.45) is 5.84 Å². The van der Waals surface area contributed by atoms with Crippen molar-refractivity contribution in [1.82, 2.24) is 5.43 Å². The number of rotatable bonds is 7. The number of sulfone groups is 1. The molecule has 0 amide bonds. The highest BCUT2D eigenvalue weighted by atomic mass is 32.2. The quantitative estimate of drug-likeness (QED) is 0.385. The van der Waals surface area contributed by atoms with E-state index < -0.39 is 33.4 Å².